The summed E-state index contributed by atoms with van der Waals surface area (Å²) in [6.07, 6.45) is 2.92. The summed E-state index contributed by atoms with van der Waals surface area (Å²) >= 11 is 3.38. The van der Waals surface area contributed by atoms with Crippen molar-refractivity contribution in [3.8, 4) is 0 Å². The van der Waals surface area contributed by atoms with Gasteiger partial charge in [-0.05, 0) is 22.4 Å². The van der Waals surface area contributed by atoms with Crippen LogP contribution in [0.4, 0.5) is 11.8 Å². The van der Waals surface area contributed by atoms with Crippen LogP contribution in [0.25, 0.3) is 0 Å². The van der Waals surface area contributed by atoms with Crippen molar-refractivity contribution in [2.24, 2.45) is 0 Å². The largest absolute Gasteiger partial charge is 0.368 e. The van der Waals surface area contributed by atoms with Crippen LogP contribution in [0.3, 0.4) is 0 Å². The quantitative estimate of drug-likeness (QED) is 0.781. The maximum atomic E-state index is 5.47. The second kappa shape index (κ2) is 2.90. The van der Waals surface area contributed by atoms with Gasteiger partial charge >= 0.3 is 0 Å². The lowest BCUT2D eigenvalue weighted by Crippen LogP contribution is -2.38. The number of hydrogen-bond donors (Lipinski definition) is 1. The molecule has 1 fully saturated rings. The summed E-state index contributed by atoms with van der Waals surface area (Å²) in [4.78, 5) is 10.2. The summed E-state index contributed by atoms with van der Waals surface area (Å²) in [7, 11) is 0. The molecule has 0 aliphatic carbocycles. The fourth-order valence-corrected chi connectivity index (χ4v) is 1.56. The molecule has 1 aromatic rings. The number of nitrogens with two attached hydrogens (primary N) is 1. The Morgan fingerprint density at radius 2 is 2.25 bits per heavy atom. The highest BCUT2D eigenvalue weighted by atomic mass is 79.9. The second-order valence-electron chi connectivity index (χ2n) is 2.74. The normalized spacial score (nSPS) is 15.9. The Labute approximate surface area is 78.9 Å². The summed E-state index contributed by atoms with van der Waals surface area (Å²) < 4.78 is 0.913. The topological polar surface area (TPSA) is 55.0 Å². The molecule has 0 radical (unpaired) electrons. The number of hydrogen-bond acceptors (Lipinski definition) is 4. The molecule has 0 atom stereocenters. The number of nitrogen functional groups attached to an aromatic ring is 1. The van der Waals surface area contributed by atoms with Gasteiger partial charge in [-0.1, -0.05) is 0 Å². The van der Waals surface area contributed by atoms with E-state index in [1.165, 1.54) is 6.42 Å². The Bertz CT molecular complexity index is 297. The SMILES string of the molecule is Nc1ncc(Br)c(N2CCC2)n1. The monoisotopic (exact) mass is 228 g/mol. The van der Waals surface area contributed by atoms with Crippen LogP contribution in [-0.4, -0.2) is 23.1 Å². The molecule has 2 N–H and O–H groups in total. The fourth-order valence-electron chi connectivity index (χ4n) is 1.12. The van der Waals surface area contributed by atoms with E-state index in [4.69, 9.17) is 5.73 Å². The first-order chi connectivity index (χ1) is 5.77. The smallest absolute Gasteiger partial charge is 0.222 e. The van der Waals surface area contributed by atoms with Gasteiger partial charge < -0.3 is 10.6 Å². The summed E-state index contributed by atoms with van der Waals surface area (Å²) in [6, 6.07) is 0. The van der Waals surface area contributed by atoms with Gasteiger partial charge in [-0.25, -0.2) is 4.98 Å². The standard InChI is InChI=1S/C7H9BrN4/c8-5-4-10-7(9)11-6(5)12-2-1-3-12/h4H,1-3H2,(H2,9,10,11). The van der Waals surface area contributed by atoms with E-state index in [0.717, 1.165) is 23.4 Å². The van der Waals surface area contributed by atoms with Crippen molar-refractivity contribution in [1.82, 2.24) is 9.97 Å². The third-order valence-corrected chi connectivity index (χ3v) is 2.46. The molecule has 64 valence electrons. The van der Waals surface area contributed by atoms with Crippen LogP contribution in [0.1, 0.15) is 6.42 Å². The van der Waals surface area contributed by atoms with Crippen molar-refractivity contribution in [1.29, 1.82) is 0 Å². The second-order valence-corrected chi connectivity index (χ2v) is 3.59. The molecule has 0 unspecified atom stereocenters. The van der Waals surface area contributed by atoms with Crippen molar-refractivity contribution in [2.45, 2.75) is 6.42 Å². The lowest BCUT2D eigenvalue weighted by atomic mass is 10.2. The van der Waals surface area contributed by atoms with E-state index in [1.807, 2.05) is 0 Å². The molecule has 1 aliphatic heterocycles. The number of nitrogens with zero attached hydrogens (tertiary/aromatic N) is 3. The molecule has 0 spiro atoms. The van der Waals surface area contributed by atoms with Crippen molar-refractivity contribution in [2.75, 3.05) is 23.7 Å². The van der Waals surface area contributed by atoms with Crippen LogP contribution in [0, 0.1) is 0 Å². The molecule has 1 aliphatic rings. The van der Waals surface area contributed by atoms with Gasteiger partial charge in [-0.3, -0.25) is 0 Å². The molecule has 4 nitrogen and oxygen atoms in total. The van der Waals surface area contributed by atoms with Gasteiger partial charge in [0.2, 0.25) is 5.95 Å². The maximum absolute atomic E-state index is 5.47. The first-order valence-electron chi connectivity index (χ1n) is 3.80. The van der Waals surface area contributed by atoms with Crippen LogP contribution < -0.4 is 10.6 Å². The third-order valence-electron chi connectivity index (χ3n) is 1.90. The third kappa shape index (κ3) is 1.24. The minimum atomic E-state index is 0.333. The van der Waals surface area contributed by atoms with Crippen LogP contribution >= 0.6 is 15.9 Å². The molecule has 1 saturated heterocycles. The molecule has 5 heteroatoms. The van der Waals surface area contributed by atoms with Gasteiger partial charge in [0, 0.05) is 19.3 Å². The zero-order chi connectivity index (χ0) is 8.55. The Kier molecular flexibility index (Phi) is 1.88. The Morgan fingerprint density at radius 3 is 2.83 bits per heavy atom. The maximum Gasteiger partial charge on any atom is 0.222 e. The predicted molar refractivity (Wildman–Crippen MR) is 51.0 cm³/mol. The molecule has 2 rings (SSSR count). The van der Waals surface area contributed by atoms with E-state index < -0.39 is 0 Å². The summed E-state index contributed by atoms with van der Waals surface area (Å²) in [5, 5.41) is 0. The Balaban J connectivity index is 2.34. The van der Waals surface area contributed by atoms with Crippen LogP contribution in [0.2, 0.25) is 0 Å². The van der Waals surface area contributed by atoms with Crippen molar-refractivity contribution >= 4 is 27.7 Å². The van der Waals surface area contributed by atoms with E-state index in [-0.39, 0.29) is 0 Å². The minimum absolute atomic E-state index is 0.333. The number of anilines is 2. The predicted octanol–water partition coefficient (Wildman–Crippen LogP) is 1.03. The Morgan fingerprint density at radius 1 is 1.50 bits per heavy atom. The molecule has 12 heavy (non-hydrogen) atoms. The average Bonchev–Trinajstić information content (AvgIpc) is 1.93. The summed E-state index contributed by atoms with van der Waals surface area (Å²) in [5.41, 5.74) is 5.47. The zero-order valence-corrected chi connectivity index (χ0v) is 8.08. The molecular weight excluding hydrogens is 220 g/mol. The van der Waals surface area contributed by atoms with E-state index >= 15 is 0 Å². The molecule has 0 amide bonds. The minimum Gasteiger partial charge on any atom is -0.368 e. The average molecular weight is 229 g/mol. The molecule has 0 aromatic carbocycles. The molecule has 1 aromatic heterocycles. The lowest BCUT2D eigenvalue weighted by Gasteiger charge is -2.32. The van der Waals surface area contributed by atoms with E-state index in [9.17, 15) is 0 Å². The molecule has 2 heterocycles. The number of halogens is 1. The van der Waals surface area contributed by atoms with E-state index in [1.54, 1.807) is 6.20 Å². The highest BCUT2D eigenvalue weighted by Crippen LogP contribution is 2.26. The summed E-state index contributed by atoms with van der Waals surface area (Å²) in [5.74, 6) is 1.24. The van der Waals surface area contributed by atoms with Gasteiger partial charge in [0.15, 0.2) is 0 Å². The fraction of sp³-hybridized carbons (Fsp3) is 0.429. The van der Waals surface area contributed by atoms with Crippen molar-refractivity contribution in [3.63, 3.8) is 0 Å². The number of aromatic nitrogens is 2. The van der Waals surface area contributed by atoms with Gasteiger partial charge in [0.25, 0.3) is 0 Å². The molecule has 0 bridgehead atoms. The lowest BCUT2D eigenvalue weighted by molar-refractivity contribution is 0.608. The Hall–Kier alpha value is -0.840. The molecule has 0 saturated carbocycles. The van der Waals surface area contributed by atoms with Crippen LogP contribution in [0.15, 0.2) is 10.7 Å². The van der Waals surface area contributed by atoms with Crippen LogP contribution in [-0.2, 0) is 0 Å². The van der Waals surface area contributed by atoms with E-state index in [2.05, 4.69) is 30.8 Å². The van der Waals surface area contributed by atoms with Gasteiger partial charge in [-0.2, -0.15) is 4.98 Å². The highest BCUT2D eigenvalue weighted by Gasteiger charge is 2.18. The number of rotatable bonds is 1. The van der Waals surface area contributed by atoms with Gasteiger partial charge in [0.05, 0.1) is 4.47 Å². The highest BCUT2D eigenvalue weighted by molar-refractivity contribution is 9.10. The van der Waals surface area contributed by atoms with Gasteiger partial charge in [0.1, 0.15) is 5.82 Å². The first kappa shape index (κ1) is 7.79. The van der Waals surface area contributed by atoms with E-state index in [0.29, 0.717) is 5.95 Å². The van der Waals surface area contributed by atoms with Gasteiger partial charge in [-0.15, -0.1) is 0 Å². The molecular formula is C7H9BrN4. The first-order valence-corrected chi connectivity index (χ1v) is 4.59. The zero-order valence-electron chi connectivity index (χ0n) is 6.50. The van der Waals surface area contributed by atoms with Crippen molar-refractivity contribution in [3.05, 3.63) is 10.7 Å². The van der Waals surface area contributed by atoms with Crippen LogP contribution in [0.5, 0.6) is 0 Å². The summed E-state index contributed by atoms with van der Waals surface area (Å²) in [6.45, 7) is 2.13. The van der Waals surface area contributed by atoms with Crippen molar-refractivity contribution < 1.29 is 0 Å².